The standard InChI is InChI=1S/C7H5F3N/c8-7(9,10)5-3-1-2-4-6(5)11/h2-4H,11H2. The second-order valence-electron chi connectivity index (χ2n) is 2.01. The number of nitrogens with two attached hydrogens (primary N) is 1. The van der Waals surface area contributed by atoms with E-state index in [2.05, 4.69) is 6.07 Å². The molecule has 0 saturated heterocycles. The molecule has 0 bridgehead atoms. The molecule has 2 N–H and O–H groups in total. The van der Waals surface area contributed by atoms with Crippen molar-refractivity contribution >= 4 is 5.69 Å². The van der Waals surface area contributed by atoms with Gasteiger partial charge in [-0.05, 0) is 18.2 Å². The summed E-state index contributed by atoms with van der Waals surface area (Å²) in [6.45, 7) is 0. The molecule has 0 amide bonds. The van der Waals surface area contributed by atoms with Crippen molar-refractivity contribution < 1.29 is 13.2 Å². The zero-order chi connectivity index (χ0) is 8.48. The molecule has 4 heteroatoms. The van der Waals surface area contributed by atoms with Crippen molar-refractivity contribution in [3.05, 3.63) is 29.8 Å². The van der Waals surface area contributed by atoms with Crippen molar-refractivity contribution in [2.45, 2.75) is 6.18 Å². The summed E-state index contributed by atoms with van der Waals surface area (Å²) < 4.78 is 35.8. The van der Waals surface area contributed by atoms with Crippen molar-refractivity contribution in [1.29, 1.82) is 0 Å². The Hall–Kier alpha value is -1.19. The van der Waals surface area contributed by atoms with Gasteiger partial charge in [0.15, 0.2) is 0 Å². The van der Waals surface area contributed by atoms with Gasteiger partial charge in [0, 0.05) is 5.69 Å². The van der Waals surface area contributed by atoms with Crippen LogP contribution in [0.3, 0.4) is 0 Å². The zero-order valence-corrected chi connectivity index (χ0v) is 5.44. The molecule has 0 aromatic heterocycles. The lowest BCUT2D eigenvalue weighted by Gasteiger charge is -2.07. The first-order chi connectivity index (χ1) is 5.02. The Morgan fingerprint density at radius 3 is 2.36 bits per heavy atom. The van der Waals surface area contributed by atoms with Gasteiger partial charge in [0.2, 0.25) is 0 Å². The molecular weight excluding hydrogens is 155 g/mol. The van der Waals surface area contributed by atoms with Crippen LogP contribution in [0.1, 0.15) is 5.56 Å². The molecule has 59 valence electrons. The van der Waals surface area contributed by atoms with E-state index in [4.69, 9.17) is 5.73 Å². The molecule has 1 radical (unpaired) electrons. The molecule has 0 aliphatic heterocycles. The van der Waals surface area contributed by atoms with Gasteiger partial charge in [-0.25, -0.2) is 0 Å². The Bertz CT molecular complexity index is 254. The summed E-state index contributed by atoms with van der Waals surface area (Å²) in [5, 5.41) is 0. The van der Waals surface area contributed by atoms with Crippen molar-refractivity contribution in [2.75, 3.05) is 5.73 Å². The fraction of sp³-hybridized carbons (Fsp3) is 0.143. The molecule has 0 saturated carbocycles. The van der Waals surface area contributed by atoms with Crippen LogP contribution in [-0.4, -0.2) is 0 Å². The van der Waals surface area contributed by atoms with E-state index >= 15 is 0 Å². The number of hydrogen-bond donors (Lipinski definition) is 1. The molecule has 0 spiro atoms. The highest BCUT2D eigenvalue weighted by Crippen LogP contribution is 2.32. The molecule has 1 rings (SSSR count). The van der Waals surface area contributed by atoms with Crippen LogP contribution in [0.4, 0.5) is 18.9 Å². The van der Waals surface area contributed by atoms with Crippen molar-refractivity contribution in [2.24, 2.45) is 0 Å². The highest BCUT2D eigenvalue weighted by molar-refractivity contribution is 5.47. The molecule has 0 heterocycles. The summed E-state index contributed by atoms with van der Waals surface area (Å²) in [5.41, 5.74) is 3.97. The summed E-state index contributed by atoms with van der Waals surface area (Å²) >= 11 is 0. The number of hydrogen-bond acceptors (Lipinski definition) is 1. The quantitative estimate of drug-likeness (QED) is 0.578. The van der Waals surface area contributed by atoms with Crippen LogP contribution in [0.15, 0.2) is 18.2 Å². The summed E-state index contributed by atoms with van der Waals surface area (Å²) in [6, 6.07) is 5.64. The van der Waals surface area contributed by atoms with E-state index in [-0.39, 0.29) is 5.69 Å². The van der Waals surface area contributed by atoms with Crippen LogP contribution < -0.4 is 5.73 Å². The number of rotatable bonds is 0. The predicted octanol–water partition coefficient (Wildman–Crippen LogP) is 2.09. The lowest BCUT2D eigenvalue weighted by Crippen LogP contribution is -2.08. The van der Waals surface area contributed by atoms with Crippen LogP contribution in [-0.2, 0) is 6.18 Å². The van der Waals surface area contributed by atoms with Crippen LogP contribution in [0, 0.1) is 6.07 Å². The van der Waals surface area contributed by atoms with Gasteiger partial charge in [0.25, 0.3) is 0 Å². The first-order valence-corrected chi connectivity index (χ1v) is 2.84. The van der Waals surface area contributed by atoms with E-state index in [0.29, 0.717) is 0 Å². The second kappa shape index (κ2) is 2.45. The predicted molar refractivity (Wildman–Crippen MR) is 34.7 cm³/mol. The summed E-state index contributed by atoms with van der Waals surface area (Å²) in [7, 11) is 0. The van der Waals surface area contributed by atoms with Gasteiger partial charge in [-0.2, -0.15) is 13.2 Å². The minimum atomic E-state index is -4.37. The Morgan fingerprint density at radius 2 is 2.00 bits per heavy atom. The van der Waals surface area contributed by atoms with Gasteiger partial charge in [0.1, 0.15) is 0 Å². The monoisotopic (exact) mass is 160 g/mol. The van der Waals surface area contributed by atoms with Crippen LogP contribution in [0.5, 0.6) is 0 Å². The third-order valence-corrected chi connectivity index (χ3v) is 1.20. The van der Waals surface area contributed by atoms with Gasteiger partial charge < -0.3 is 5.73 Å². The first kappa shape index (κ1) is 7.91. The Balaban J connectivity index is 3.14. The molecule has 0 aliphatic rings. The maximum atomic E-state index is 11.9. The fourth-order valence-electron chi connectivity index (χ4n) is 0.688. The normalized spacial score (nSPS) is 11.5. The molecule has 0 unspecified atom stereocenters. The van der Waals surface area contributed by atoms with Gasteiger partial charge >= 0.3 is 6.18 Å². The second-order valence-corrected chi connectivity index (χ2v) is 2.01. The smallest absolute Gasteiger partial charge is 0.398 e. The van der Waals surface area contributed by atoms with Crippen LogP contribution >= 0.6 is 0 Å². The molecule has 1 aromatic rings. The number of benzene rings is 1. The Labute approximate surface area is 61.6 Å². The van der Waals surface area contributed by atoms with Crippen molar-refractivity contribution in [1.82, 2.24) is 0 Å². The topological polar surface area (TPSA) is 26.0 Å². The molecular formula is C7H5F3N. The molecule has 1 aromatic carbocycles. The van der Waals surface area contributed by atoms with E-state index < -0.39 is 11.7 Å². The van der Waals surface area contributed by atoms with E-state index in [1.165, 1.54) is 12.1 Å². The Kier molecular flexibility index (Phi) is 1.76. The average molecular weight is 160 g/mol. The minimum Gasteiger partial charge on any atom is -0.398 e. The maximum absolute atomic E-state index is 11.9. The molecule has 0 aliphatic carbocycles. The molecule has 0 atom stereocenters. The van der Waals surface area contributed by atoms with E-state index in [1.807, 2.05) is 0 Å². The summed E-state index contributed by atoms with van der Waals surface area (Å²) in [4.78, 5) is 0. The van der Waals surface area contributed by atoms with Gasteiger partial charge in [-0.3, -0.25) is 0 Å². The van der Waals surface area contributed by atoms with Gasteiger partial charge in [-0.1, -0.05) is 6.07 Å². The van der Waals surface area contributed by atoms with E-state index in [0.717, 1.165) is 6.07 Å². The highest BCUT2D eigenvalue weighted by atomic mass is 19.4. The third kappa shape index (κ3) is 1.63. The molecule has 11 heavy (non-hydrogen) atoms. The lowest BCUT2D eigenvalue weighted by atomic mass is 10.2. The SMILES string of the molecule is Nc1cc[c]cc1C(F)(F)F. The molecule has 0 fully saturated rings. The number of halogens is 3. The number of nitrogen functional groups attached to an aromatic ring is 1. The van der Waals surface area contributed by atoms with Gasteiger partial charge in [-0.15, -0.1) is 0 Å². The fourth-order valence-corrected chi connectivity index (χ4v) is 0.688. The largest absolute Gasteiger partial charge is 0.418 e. The first-order valence-electron chi connectivity index (χ1n) is 2.84. The summed E-state index contributed by atoms with van der Waals surface area (Å²) in [6.07, 6.45) is -4.37. The van der Waals surface area contributed by atoms with Crippen LogP contribution in [0.25, 0.3) is 0 Å². The molecule has 1 nitrogen and oxygen atoms in total. The maximum Gasteiger partial charge on any atom is 0.418 e. The van der Waals surface area contributed by atoms with Crippen molar-refractivity contribution in [3.63, 3.8) is 0 Å². The number of anilines is 1. The minimum absolute atomic E-state index is 0.267. The average Bonchev–Trinajstić information content (AvgIpc) is 1.86. The number of alkyl halides is 3. The van der Waals surface area contributed by atoms with E-state index in [1.54, 1.807) is 0 Å². The van der Waals surface area contributed by atoms with Crippen LogP contribution in [0.2, 0.25) is 0 Å². The van der Waals surface area contributed by atoms with E-state index in [9.17, 15) is 13.2 Å². The highest BCUT2D eigenvalue weighted by Gasteiger charge is 2.32. The third-order valence-electron chi connectivity index (χ3n) is 1.20. The lowest BCUT2D eigenvalue weighted by molar-refractivity contribution is -0.136. The summed E-state index contributed by atoms with van der Waals surface area (Å²) in [5.74, 6) is 0. The Morgan fingerprint density at radius 1 is 1.36 bits per heavy atom. The zero-order valence-electron chi connectivity index (χ0n) is 5.44. The van der Waals surface area contributed by atoms with Gasteiger partial charge in [0.05, 0.1) is 5.56 Å². The van der Waals surface area contributed by atoms with Crippen molar-refractivity contribution in [3.8, 4) is 0 Å².